The maximum Gasteiger partial charge on any atom is 0.117 e. The van der Waals surface area contributed by atoms with E-state index >= 15 is 0 Å². The topological polar surface area (TPSA) is 29.3 Å². The molecule has 88 valence electrons. The summed E-state index contributed by atoms with van der Waals surface area (Å²) in [5, 5.41) is 0. The molecule has 2 unspecified atom stereocenters. The molecular weight excluding hydrogens is 203 g/mol. The fourth-order valence-electron chi connectivity index (χ4n) is 2.24. The van der Waals surface area contributed by atoms with Gasteiger partial charge in [-0.2, -0.15) is 0 Å². The lowest BCUT2D eigenvalue weighted by Crippen LogP contribution is -2.32. The van der Waals surface area contributed by atoms with Gasteiger partial charge >= 0.3 is 0 Å². The SMILES string of the molecule is NC1CCN(CC(F)Cc2ccccc2)C1. The molecule has 1 aliphatic heterocycles. The van der Waals surface area contributed by atoms with E-state index in [0.717, 1.165) is 25.1 Å². The molecular formula is C13H19FN2. The second kappa shape index (κ2) is 5.41. The van der Waals surface area contributed by atoms with Crippen molar-refractivity contribution in [1.29, 1.82) is 0 Å². The van der Waals surface area contributed by atoms with Gasteiger partial charge in [0.05, 0.1) is 0 Å². The van der Waals surface area contributed by atoms with Crippen molar-refractivity contribution in [2.24, 2.45) is 5.73 Å². The van der Waals surface area contributed by atoms with Gasteiger partial charge in [-0.1, -0.05) is 30.3 Å². The average Bonchev–Trinajstić information content (AvgIpc) is 2.65. The number of hydrogen-bond acceptors (Lipinski definition) is 2. The van der Waals surface area contributed by atoms with Gasteiger partial charge in [-0.15, -0.1) is 0 Å². The zero-order valence-electron chi connectivity index (χ0n) is 9.48. The zero-order valence-corrected chi connectivity index (χ0v) is 9.48. The Balaban J connectivity index is 1.78. The minimum Gasteiger partial charge on any atom is -0.326 e. The summed E-state index contributed by atoms with van der Waals surface area (Å²) in [7, 11) is 0. The second-order valence-electron chi connectivity index (χ2n) is 4.60. The molecule has 0 aliphatic carbocycles. The summed E-state index contributed by atoms with van der Waals surface area (Å²) >= 11 is 0. The number of benzene rings is 1. The van der Waals surface area contributed by atoms with Crippen LogP contribution in [0.3, 0.4) is 0 Å². The molecule has 1 aromatic carbocycles. The Bertz CT molecular complexity index is 315. The van der Waals surface area contributed by atoms with Gasteiger partial charge < -0.3 is 5.73 Å². The Kier molecular flexibility index (Phi) is 3.91. The third-order valence-corrected chi connectivity index (χ3v) is 3.07. The van der Waals surface area contributed by atoms with Crippen LogP contribution in [0.1, 0.15) is 12.0 Å². The van der Waals surface area contributed by atoms with Gasteiger partial charge in [-0.05, 0) is 18.5 Å². The highest BCUT2D eigenvalue weighted by molar-refractivity contribution is 5.15. The minimum atomic E-state index is -0.785. The van der Waals surface area contributed by atoms with Crippen LogP contribution in [-0.2, 0) is 6.42 Å². The molecule has 0 radical (unpaired) electrons. The van der Waals surface area contributed by atoms with E-state index in [1.54, 1.807) is 0 Å². The first-order valence-corrected chi connectivity index (χ1v) is 5.90. The van der Waals surface area contributed by atoms with Gasteiger partial charge in [0.1, 0.15) is 6.17 Å². The maximum absolute atomic E-state index is 13.8. The van der Waals surface area contributed by atoms with E-state index in [-0.39, 0.29) is 6.04 Å². The summed E-state index contributed by atoms with van der Waals surface area (Å²) in [4.78, 5) is 2.12. The molecule has 2 nitrogen and oxygen atoms in total. The predicted molar refractivity (Wildman–Crippen MR) is 64.1 cm³/mol. The lowest BCUT2D eigenvalue weighted by Gasteiger charge is -2.18. The summed E-state index contributed by atoms with van der Waals surface area (Å²) in [5.74, 6) is 0. The van der Waals surface area contributed by atoms with Crippen molar-refractivity contribution < 1.29 is 4.39 Å². The van der Waals surface area contributed by atoms with Crippen LogP contribution in [0.15, 0.2) is 30.3 Å². The van der Waals surface area contributed by atoms with Crippen molar-refractivity contribution in [2.45, 2.75) is 25.1 Å². The Hall–Kier alpha value is -0.930. The van der Waals surface area contributed by atoms with Crippen LogP contribution in [0, 0.1) is 0 Å². The Morgan fingerprint density at radius 2 is 2.12 bits per heavy atom. The average molecular weight is 222 g/mol. The van der Waals surface area contributed by atoms with Crippen molar-refractivity contribution in [3.8, 4) is 0 Å². The molecule has 0 saturated carbocycles. The highest BCUT2D eigenvalue weighted by atomic mass is 19.1. The van der Waals surface area contributed by atoms with Crippen LogP contribution in [-0.4, -0.2) is 36.7 Å². The summed E-state index contributed by atoms with van der Waals surface area (Å²) in [6.07, 6.45) is 0.720. The van der Waals surface area contributed by atoms with Gasteiger partial charge in [0, 0.05) is 25.6 Å². The number of alkyl halides is 1. The van der Waals surface area contributed by atoms with Crippen molar-refractivity contribution >= 4 is 0 Å². The molecule has 0 bridgehead atoms. The molecule has 0 spiro atoms. The third kappa shape index (κ3) is 3.29. The molecule has 1 fully saturated rings. The fraction of sp³-hybridized carbons (Fsp3) is 0.538. The number of likely N-dealkylation sites (tertiary alicyclic amines) is 1. The lowest BCUT2D eigenvalue weighted by molar-refractivity contribution is 0.218. The van der Waals surface area contributed by atoms with Gasteiger partial charge in [0.2, 0.25) is 0 Å². The number of hydrogen-bond donors (Lipinski definition) is 1. The lowest BCUT2D eigenvalue weighted by atomic mass is 10.1. The van der Waals surface area contributed by atoms with E-state index in [2.05, 4.69) is 4.90 Å². The fourth-order valence-corrected chi connectivity index (χ4v) is 2.24. The second-order valence-corrected chi connectivity index (χ2v) is 4.60. The van der Waals surface area contributed by atoms with E-state index in [0.29, 0.717) is 13.0 Å². The Morgan fingerprint density at radius 3 is 2.75 bits per heavy atom. The number of halogens is 1. The summed E-state index contributed by atoms with van der Waals surface area (Å²) in [5.41, 5.74) is 6.86. The number of nitrogens with zero attached hydrogens (tertiary/aromatic N) is 1. The molecule has 1 aliphatic rings. The van der Waals surface area contributed by atoms with Crippen molar-refractivity contribution in [2.75, 3.05) is 19.6 Å². The standard InChI is InChI=1S/C13H19FN2/c14-12(8-11-4-2-1-3-5-11)9-16-7-6-13(15)10-16/h1-5,12-13H,6-10,15H2. The molecule has 2 N–H and O–H groups in total. The van der Waals surface area contributed by atoms with Crippen molar-refractivity contribution in [3.63, 3.8) is 0 Å². The van der Waals surface area contributed by atoms with Gasteiger partial charge in [0.15, 0.2) is 0 Å². The van der Waals surface area contributed by atoms with Gasteiger partial charge in [-0.25, -0.2) is 4.39 Å². The smallest absolute Gasteiger partial charge is 0.117 e. The molecule has 2 atom stereocenters. The molecule has 0 amide bonds. The first-order chi connectivity index (χ1) is 7.74. The molecule has 0 aromatic heterocycles. The number of rotatable bonds is 4. The molecule has 1 saturated heterocycles. The van der Waals surface area contributed by atoms with E-state index in [9.17, 15) is 4.39 Å². The van der Waals surface area contributed by atoms with E-state index in [4.69, 9.17) is 5.73 Å². The highest BCUT2D eigenvalue weighted by Gasteiger charge is 2.21. The maximum atomic E-state index is 13.8. The summed E-state index contributed by atoms with van der Waals surface area (Å²) in [6, 6.07) is 10.0. The van der Waals surface area contributed by atoms with Crippen LogP contribution < -0.4 is 5.73 Å². The highest BCUT2D eigenvalue weighted by Crippen LogP contribution is 2.11. The molecule has 16 heavy (non-hydrogen) atoms. The van der Waals surface area contributed by atoms with Crippen molar-refractivity contribution in [3.05, 3.63) is 35.9 Å². The monoisotopic (exact) mass is 222 g/mol. The largest absolute Gasteiger partial charge is 0.326 e. The van der Waals surface area contributed by atoms with Crippen LogP contribution in [0.25, 0.3) is 0 Å². The van der Waals surface area contributed by atoms with E-state index < -0.39 is 6.17 Å². The Morgan fingerprint density at radius 1 is 1.38 bits per heavy atom. The molecule has 1 heterocycles. The van der Waals surface area contributed by atoms with Crippen LogP contribution in [0.5, 0.6) is 0 Å². The molecule has 1 aromatic rings. The molecule has 2 rings (SSSR count). The normalized spacial score (nSPS) is 23.5. The quantitative estimate of drug-likeness (QED) is 0.838. The van der Waals surface area contributed by atoms with Crippen LogP contribution in [0.2, 0.25) is 0 Å². The van der Waals surface area contributed by atoms with Crippen LogP contribution in [0.4, 0.5) is 4.39 Å². The van der Waals surface area contributed by atoms with E-state index in [1.807, 2.05) is 30.3 Å². The van der Waals surface area contributed by atoms with Crippen molar-refractivity contribution in [1.82, 2.24) is 4.90 Å². The van der Waals surface area contributed by atoms with Crippen LogP contribution >= 0.6 is 0 Å². The van der Waals surface area contributed by atoms with Gasteiger partial charge in [-0.3, -0.25) is 4.90 Å². The first-order valence-electron chi connectivity index (χ1n) is 5.90. The Labute approximate surface area is 96.2 Å². The summed E-state index contributed by atoms with van der Waals surface area (Å²) < 4.78 is 13.8. The zero-order chi connectivity index (χ0) is 11.4. The first kappa shape index (κ1) is 11.6. The predicted octanol–water partition coefficient (Wildman–Crippen LogP) is 1.60. The summed E-state index contributed by atoms with van der Waals surface area (Å²) in [6.45, 7) is 2.30. The van der Waals surface area contributed by atoms with Gasteiger partial charge in [0.25, 0.3) is 0 Å². The third-order valence-electron chi connectivity index (χ3n) is 3.07. The number of nitrogens with two attached hydrogens (primary N) is 1. The minimum absolute atomic E-state index is 0.240. The van der Waals surface area contributed by atoms with E-state index in [1.165, 1.54) is 0 Å². The molecule has 3 heteroatoms.